The molecule has 0 bridgehead atoms. The van der Waals surface area contributed by atoms with Crippen molar-refractivity contribution < 1.29 is 0 Å². The number of hydrogen-bond acceptors (Lipinski definition) is 1. The van der Waals surface area contributed by atoms with Crippen molar-refractivity contribution >= 4 is 0 Å². The molecule has 1 fully saturated rings. The maximum absolute atomic E-state index is 3.72. The van der Waals surface area contributed by atoms with Gasteiger partial charge in [-0.25, -0.2) is 0 Å². The molecule has 1 aliphatic rings. The minimum absolute atomic E-state index is 0.418. The Labute approximate surface area is 89.7 Å². The predicted molar refractivity (Wildman–Crippen MR) is 63.5 cm³/mol. The zero-order chi connectivity index (χ0) is 10.8. The summed E-state index contributed by atoms with van der Waals surface area (Å²) in [6.07, 6.45) is 5.53. The molecule has 1 saturated carbocycles. The summed E-state index contributed by atoms with van der Waals surface area (Å²) < 4.78 is 0. The van der Waals surface area contributed by atoms with Gasteiger partial charge in [-0.2, -0.15) is 0 Å². The minimum Gasteiger partial charge on any atom is -0.313 e. The fourth-order valence-corrected chi connectivity index (χ4v) is 2.32. The van der Waals surface area contributed by atoms with Gasteiger partial charge in [-0.05, 0) is 30.1 Å². The van der Waals surface area contributed by atoms with Crippen LogP contribution in [-0.4, -0.2) is 12.6 Å². The Morgan fingerprint density at radius 3 is 2.43 bits per heavy atom. The zero-order valence-electron chi connectivity index (χ0n) is 10.6. The zero-order valence-corrected chi connectivity index (χ0v) is 10.6. The molecule has 1 aliphatic carbocycles. The quantitative estimate of drug-likeness (QED) is 0.713. The number of rotatable bonds is 2. The van der Waals surface area contributed by atoms with Gasteiger partial charge in [-0.3, -0.25) is 0 Å². The second kappa shape index (κ2) is 4.22. The van der Waals surface area contributed by atoms with E-state index in [1.807, 2.05) is 0 Å². The lowest BCUT2D eigenvalue weighted by molar-refractivity contribution is 0.188. The molecule has 0 radical (unpaired) electrons. The van der Waals surface area contributed by atoms with Gasteiger partial charge in [0.1, 0.15) is 0 Å². The Kier molecular flexibility index (Phi) is 3.63. The summed E-state index contributed by atoms with van der Waals surface area (Å²) in [5.41, 5.74) is 0.982. The maximum atomic E-state index is 3.72. The average Bonchev–Trinajstić information content (AvgIpc) is 1.98. The molecule has 0 aromatic carbocycles. The van der Waals surface area contributed by atoms with Gasteiger partial charge in [-0.1, -0.05) is 41.0 Å². The average molecular weight is 197 g/mol. The van der Waals surface area contributed by atoms with E-state index >= 15 is 0 Å². The van der Waals surface area contributed by atoms with E-state index in [0.29, 0.717) is 10.8 Å². The maximum Gasteiger partial charge on any atom is 0.00723 e. The molecule has 84 valence electrons. The van der Waals surface area contributed by atoms with Crippen LogP contribution < -0.4 is 5.32 Å². The van der Waals surface area contributed by atoms with Crippen LogP contribution >= 0.6 is 0 Å². The molecule has 0 saturated heterocycles. The van der Waals surface area contributed by atoms with Crippen LogP contribution in [0.2, 0.25) is 0 Å². The Hall–Kier alpha value is -0.0400. The third-order valence-corrected chi connectivity index (χ3v) is 3.13. The Balaban J connectivity index is 2.32. The van der Waals surface area contributed by atoms with Gasteiger partial charge in [0.25, 0.3) is 0 Å². The first-order chi connectivity index (χ1) is 6.29. The second-order valence-corrected chi connectivity index (χ2v) is 6.90. The van der Waals surface area contributed by atoms with Crippen LogP contribution in [0.5, 0.6) is 0 Å². The van der Waals surface area contributed by atoms with Gasteiger partial charge >= 0.3 is 0 Å². The van der Waals surface area contributed by atoms with Crippen LogP contribution in [-0.2, 0) is 0 Å². The monoisotopic (exact) mass is 197 g/mol. The molecule has 0 aromatic heterocycles. The molecule has 1 N–H and O–H groups in total. The number of nitrogens with one attached hydrogen (secondary N) is 1. The fourth-order valence-electron chi connectivity index (χ4n) is 2.32. The lowest BCUT2D eigenvalue weighted by Gasteiger charge is -2.37. The third-order valence-electron chi connectivity index (χ3n) is 3.13. The van der Waals surface area contributed by atoms with Gasteiger partial charge in [0.15, 0.2) is 0 Å². The lowest BCUT2D eigenvalue weighted by Crippen LogP contribution is -2.40. The highest BCUT2D eigenvalue weighted by Gasteiger charge is 2.28. The van der Waals surface area contributed by atoms with E-state index in [1.165, 1.54) is 25.7 Å². The summed E-state index contributed by atoms with van der Waals surface area (Å²) >= 11 is 0. The largest absolute Gasteiger partial charge is 0.313 e. The summed E-state index contributed by atoms with van der Waals surface area (Å²) in [6, 6.07) is 0.762. The Morgan fingerprint density at radius 2 is 1.93 bits per heavy atom. The van der Waals surface area contributed by atoms with Gasteiger partial charge in [0.05, 0.1) is 0 Å². The highest BCUT2D eigenvalue weighted by Crippen LogP contribution is 2.35. The summed E-state index contributed by atoms with van der Waals surface area (Å²) in [4.78, 5) is 0. The Morgan fingerprint density at radius 1 is 1.29 bits per heavy atom. The molecule has 0 spiro atoms. The summed E-state index contributed by atoms with van der Waals surface area (Å²) in [5, 5.41) is 3.72. The van der Waals surface area contributed by atoms with Gasteiger partial charge < -0.3 is 5.32 Å². The van der Waals surface area contributed by atoms with E-state index in [2.05, 4.69) is 39.9 Å². The van der Waals surface area contributed by atoms with Crippen LogP contribution in [0, 0.1) is 10.8 Å². The fraction of sp³-hybridized carbons (Fsp3) is 1.00. The molecule has 0 heterocycles. The SMILES string of the molecule is CC(C)(C)CN[C@@H]1CCCC(C)(C)C1. The molecular formula is C13H27N. The molecule has 1 atom stereocenters. The summed E-state index contributed by atoms with van der Waals surface area (Å²) in [5.74, 6) is 0. The highest BCUT2D eigenvalue weighted by molar-refractivity contribution is 4.84. The second-order valence-electron chi connectivity index (χ2n) is 6.90. The smallest absolute Gasteiger partial charge is 0.00723 e. The van der Waals surface area contributed by atoms with Gasteiger partial charge in [0, 0.05) is 12.6 Å². The van der Waals surface area contributed by atoms with Crippen molar-refractivity contribution in [2.45, 2.75) is 66.3 Å². The highest BCUT2D eigenvalue weighted by atomic mass is 14.9. The molecule has 0 amide bonds. The molecule has 14 heavy (non-hydrogen) atoms. The predicted octanol–water partition coefficient (Wildman–Crippen LogP) is 3.59. The molecule has 0 aromatic rings. The van der Waals surface area contributed by atoms with Gasteiger partial charge in [-0.15, -0.1) is 0 Å². The van der Waals surface area contributed by atoms with Crippen molar-refractivity contribution in [1.29, 1.82) is 0 Å². The van der Waals surface area contributed by atoms with Crippen molar-refractivity contribution in [3.63, 3.8) is 0 Å². The Bertz CT molecular complexity index is 176. The van der Waals surface area contributed by atoms with E-state index in [0.717, 1.165) is 12.6 Å². The van der Waals surface area contributed by atoms with Crippen molar-refractivity contribution in [3.05, 3.63) is 0 Å². The minimum atomic E-state index is 0.418. The molecule has 1 rings (SSSR count). The normalized spacial score (nSPS) is 27.6. The van der Waals surface area contributed by atoms with Crippen LogP contribution in [0.25, 0.3) is 0 Å². The van der Waals surface area contributed by atoms with E-state index in [1.54, 1.807) is 0 Å². The van der Waals surface area contributed by atoms with Crippen molar-refractivity contribution in [2.75, 3.05) is 6.54 Å². The van der Waals surface area contributed by atoms with E-state index in [9.17, 15) is 0 Å². The molecule has 1 heteroatoms. The third kappa shape index (κ3) is 4.45. The molecule has 0 aliphatic heterocycles. The van der Waals surface area contributed by atoms with E-state index < -0.39 is 0 Å². The van der Waals surface area contributed by atoms with E-state index in [4.69, 9.17) is 0 Å². The van der Waals surface area contributed by atoms with Crippen LogP contribution in [0.15, 0.2) is 0 Å². The summed E-state index contributed by atoms with van der Waals surface area (Å²) in [6.45, 7) is 12.8. The van der Waals surface area contributed by atoms with Crippen LogP contribution in [0.4, 0.5) is 0 Å². The lowest BCUT2D eigenvalue weighted by atomic mass is 9.75. The molecule has 0 unspecified atom stereocenters. The van der Waals surface area contributed by atoms with E-state index in [-0.39, 0.29) is 0 Å². The van der Waals surface area contributed by atoms with Crippen molar-refractivity contribution in [2.24, 2.45) is 10.8 Å². The van der Waals surface area contributed by atoms with Crippen molar-refractivity contribution in [3.8, 4) is 0 Å². The first-order valence-corrected chi connectivity index (χ1v) is 6.02. The first kappa shape index (κ1) is 12.0. The van der Waals surface area contributed by atoms with Crippen LogP contribution in [0.1, 0.15) is 60.3 Å². The first-order valence-electron chi connectivity index (χ1n) is 6.02. The van der Waals surface area contributed by atoms with Crippen molar-refractivity contribution in [1.82, 2.24) is 5.32 Å². The number of hydrogen-bond donors (Lipinski definition) is 1. The molecular weight excluding hydrogens is 170 g/mol. The van der Waals surface area contributed by atoms with Gasteiger partial charge in [0.2, 0.25) is 0 Å². The summed E-state index contributed by atoms with van der Waals surface area (Å²) in [7, 11) is 0. The van der Waals surface area contributed by atoms with Crippen LogP contribution in [0.3, 0.4) is 0 Å². The molecule has 1 nitrogen and oxygen atoms in total. The topological polar surface area (TPSA) is 12.0 Å². The standard InChI is InChI=1S/C13H27N/c1-12(2,3)10-14-11-7-6-8-13(4,5)9-11/h11,14H,6-10H2,1-5H3/t11-/m1/s1.